The van der Waals surface area contributed by atoms with E-state index in [4.69, 9.17) is 9.47 Å². The average molecular weight is 432 g/mol. The average Bonchev–Trinajstić information content (AvgIpc) is 3.23. The van der Waals surface area contributed by atoms with E-state index >= 15 is 0 Å². The van der Waals surface area contributed by atoms with Crippen LogP contribution in [-0.2, 0) is 4.79 Å². The van der Waals surface area contributed by atoms with Gasteiger partial charge in [-0.1, -0.05) is 18.2 Å². The van der Waals surface area contributed by atoms with Gasteiger partial charge in [0.25, 0.3) is 11.8 Å². The van der Waals surface area contributed by atoms with Gasteiger partial charge < -0.3 is 20.1 Å². The van der Waals surface area contributed by atoms with Crippen LogP contribution >= 0.6 is 0 Å². The third-order valence-electron chi connectivity index (χ3n) is 5.05. The number of benzene rings is 3. The van der Waals surface area contributed by atoms with Crippen LogP contribution in [0.3, 0.4) is 0 Å². The van der Waals surface area contributed by atoms with Crippen molar-refractivity contribution in [2.24, 2.45) is 0 Å². The van der Waals surface area contributed by atoms with E-state index in [1.54, 1.807) is 36.4 Å². The number of halogens is 1. The van der Waals surface area contributed by atoms with Crippen LogP contribution in [0, 0.1) is 19.7 Å². The monoisotopic (exact) mass is 432 g/mol. The van der Waals surface area contributed by atoms with Gasteiger partial charge in [0.1, 0.15) is 11.5 Å². The van der Waals surface area contributed by atoms with Gasteiger partial charge in [-0.3, -0.25) is 9.59 Å². The second-order valence-corrected chi connectivity index (χ2v) is 7.39. The Morgan fingerprint density at radius 3 is 2.53 bits per heavy atom. The molecule has 0 saturated heterocycles. The van der Waals surface area contributed by atoms with Gasteiger partial charge in [0.05, 0.1) is 0 Å². The zero-order chi connectivity index (χ0) is 22.7. The van der Waals surface area contributed by atoms with Crippen molar-refractivity contribution in [3.05, 3.63) is 94.4 Å². The zero-order valence-electron chi connectivity index (χ0n) is 17.6. The standard InChI is InChI=1S/C25H21FN2O4/c1-15-6-8-18(10-16(15)2)24(29)28-21(25(30)27-20-5-3-4-19(26)13-20)11-17-7-9-22-23(12-17)32-14-31-22/h3-13H,14H2,1-2H3,(H,27,30)(H,28,29). The quantitative estimate of drug-likeness (QED) is 0.579. The predicted molar refractivity (Wildman–Crippen MR) is 119 cm³/mol. The molecule has 0 fully saturated rings. The highest BCUT2D eigenvalue weighted by molar-refractivity contribution is 6.10. The number of anilines is 1. The Balaban J connectivity index is 1.64. The summed E-state index contributed by atoms with van der Waals surface area (Å²) >= 11 is 0. The van der Waals surface area contributed by atoms with Crippen molar-refractivity contribution in [3.63, 3.8) is 0 Å². The molecular weight excluding hydrogens is 411 g/mol. The predicted octanol–water partition coefficient (Wildman–Crippen LogP) is 4.58. The first-order valence-electron chi connectivity index (χ1n) is 9.96. The van der Waals surface area contributed by atoms with Crippen LogP contribution in [0.15, 0.2) is 66.4 Å². The van der Waals surface area contributed by atoms with E-state index in [0.29, 0.717) is 22.6 Å². The second kappa shape index (κ2) is 8.93. The van der Waals surface area contributed by atoms with Crippen LogP contribution in [0.1, 0.15) is 27.0 Å². The lowest BCUT2D eigenvalue weighted by Crippen LogP contribution is -2.30. The van der Waals surface area contributed by atoms with Crippen LogP contribution < -0.4 is 20.1 Å². The molecule has 0 spiro atoms. The smallest absolute Gasteiger partial charge is 0.272 e. The molecule has 2 amide bonds. The fourth-order valence-corrected chi connectivity index (χ4v) is 3.17. The zero-order valence-corrected chi connectivity index (χ0v) is 17.6. The molecule has 1 aliphatic heterocycles. The molecule has 7 heteroatoms. The van der Waals surface area contributed by atoms with Gasteiger partial charge in [0, 0.05) is 11.3 Å². The van der Waals surface area contributed by atoms with Crippen molar-refractivity contribution in [3.8, 4) is 11.5 Å². The summed E-state index contributed by atoms with van der Waals surface area (Å²) in [6, 6.07) is 16.0. The third-order valence-corrected chi connectivity index (χ3v) is 5.05. The minimum Gasteiger partial charge on any atom is -0.454 e. The van der Waals surface area contributed by atoms with Gasteiger partial charge in [0.15, 0.2) is 11.5 Å². The number of rotatable bonds is 5. The van der Waals surface area contributed by atoms with Crippen LogP contribution in [-0.4, -0.2) is 18.6 Å². The number of hydrogen-bond donors (Lipinski definition) is 2. The topological polar surface area (TPSA) is 76.7 Å². The molecule has 0 unspecified atom stereocenters. The highest BCUT2D eigenvalue weighted by atomic mass is 19.1. The lowest BCUT2D eigenvalue weighted by molar-refractivity contribution is -0.113. The summed E-state index contributed by atoms with van der Waals surface area (Å²) in [5, 5.41) is 5.29. The normalized spacial score (nSPS) is 12.4. The lowest BCUT2D eigenvalue weighted by atomic mass is 10.1. The molecule has 162 valence electrons. The number of carbonyl (C=O) groups is 2. The molecular formula is C25H21FN2O4. The first-order chi connectivity index (χ1) is 15.4. The molecule has 1 aliphatic rings. The molecule has 0 radical (unpaired) electrons. The Labute approximate surface area is 184 Å². The molecule has 3 aromatic rings. The summed E-state index contributed by atoms with van der Waals surface area (Å²) < 4.78 is 24.2. The number of ether oxygens (including phenoxy) is 2. The van der Waals surface area contributed by atoms with E-state index < -0.39 is 17.6 Å². The van der Waals surface area contributed by atoms with Crippen molar-refractivity contribution in [2.75, 3.05) is 12.1 Å². The highest BCUT2D eigenvalue weighted by Crippen LogP contribution is 2.33. The maximum absolute atomic E-state index is 13.5. The minimum atomic E-state index is -0.592. The Morgan fingerprint density at radius 2 is 1.75 bits per heavy atom. The maximum Gasteiger partial charge on any atom is 0.272 e. The highest BCUT2D eigenvalue weighted by Gasteiger charge is 2.18. The first kappa shape index (κ1) is 21.1. The van der Waals surface area contributed by atoms with E-state index in [0.717, 1.165) is 11.1 Å². The number of hydrogen-bond acceptors (Lipinski definition) is 4. The molecule has 1 heterocycles. The number of aryl methyl sites for hydroxylation is 2. The number of fused-ring (bicyclic) bond motifs is 1. The van der Waals surface area contributed by atoms with Gasteiger partial charge in [-0.2, -0.15) is 0 Å². The number of nitrogens with one attached hydrogen (secondary N) is 2. The molecule has 0 aromatic heterocycles. The molecule has 3 aromatic carbocycles. The Kier molecular flexibility index (Phi) is 5.89. The summed E-state index contributed by atoms with van der Waals surface area (Å²) in [4.78, 5) is 25.8. The first-order valence-corrected chi connectivity index (χ1v) is 9.96. The van der Waals surface area contributed by atoms with Crippen LogP contribution in [0.5, 0.6) is 11.5 Å². The summed E-state index contributed by atoms with van der Waals surface area (Å²) in [5.74, 6) is -0.362. The van der Waals surface area contributed by atoms with Crippen molar-refractivity contribution >= 4 is 23.6 Å². The van der Waals surface area contributed by atoms with Gasteiger partial charge >= 0.3 is 0 Å². The Morgan fingerprint density at radius 1 is 0.938 bits per heavy atom. The van der Waals surface area contributed by atoms with Crippen molar-refractivity contribution in [2.45, 2.75) is 13.8 Å². The molecule has 0 atom stereocenters. The van der Waals surface area contributed by atoms with Crippen molar-refractivity contribution in [1.82, 2.24) is 5.32 Å². The van der Waals surface area contributed by atoms with E-state index in [9.17, 15) is 14.0 Å². The molecule has 0 bridgehead atoms. The van der Waals surface area contributed by atoms with Gasteiger partial charge in [0.2, 0.25) is 6.79 Å². The summed E-state index contributed by atoms with van der Waals surface area (Å²) in [6.45, 7) is 3.99. The molecule has 2 N–H and O–H groups in total. The molecule has 6 nitrogen and oxygen atoms in total. The van der Waals surface area contributed by atoms with E-state index in [2.05, 4.69) is 10.6 Å². The molecule has 0 aliphatic carbocycles. The fourth-order valence-electron chi connectivity index (χ4n) is 3.17. The molecule has 0 saturated carbocycles. The van der Waals surface area contributed by atoms with E-state index in [1.807, 2.05) is 19.9 Å². The summed E-state index contributed by atoms with van der Waals surface area (Å²) in [5.41, 5.74) is 3.33. The molecule has 32 heavy (non-hydrogen) atoms. The number of carbonyl (C=O) groups excluding carboxylic acids is 2. The van der Waals surface area contributed by atoms with E-state index in [-0.39, 0.29) is 18.2 Å². The Hall–Kier alpha value is -4.13. The third kappa shape index (κ3) is 4.78. The van der Waals surface area contributed by atoms with Gasteiger partial charge in [-0.25, -0.2) is 4.39 Å². The Bertz CT molecular complexity index is 1240. The van der Waals surface area contributed by atoms with Crippen LogP contribution in [0.25, 0.3) is 6.08 Å². The summed E-state index contributed by atoms with van der Waals surface area (Å²) in [6.07, 6.45) is 1.52. The number of amides is 2. The van der Waals surface area contributed by atoms with Crippen LogP contribution in [0.4, 0.5) is 10.1 Å². The second-order valence-electron chi connectivity index (χ2n) is 7.39. The summed E-state index contributed by atoms with van der Waals surface area (Å²) in [7, 11) is 0. The van der Waals surface area contributed by atoms with Crippen LogP contribution in [0.2, 0.25) is 0 Å². The SMILES string of the molecule is Cc1ccc(C(=O)NC(=Cc2ccc3c(c2)OCO3)C(=O)Nc2cccc(F)c2)cc1C. The van der Waals surface area contributed by atoms with Crippen molar-refractivity contribution in [1.29, 1.82) is 0 Å². The largest absolute Gasteiger partial charge is 0.454 e. The molecule has 4 rings (SSSR count). The fraction of sp³-hybridized carbons (Fsp3) is 0.120. The van der Waals surface area contributed by atoms with Crippen molar-refractivity contribution < 1.29 is 23.5 Å². The van der Waals surface area contributed by atoms with Gasteiger partial charge in [-0.15, -0.1) is 0 Å². The maximum atomic E-state index is 13.5. The lowest BCUT2D eigenvalue weighted by Gasteiger charge is -2.12. The van der Waals surface area contributed by atoms with E-state index in [1.165, 1.54) is 24.3 Å². The van der Waals surface area contributed by atoms with Gasteiger partial charge in [-0.05, 0) is 79.1 Å². The minimum absolute atomic E-state index is 0.00338.